The number of carbonyl (C=O) groups excluding carboxylic acids is 3. The maximum absolute atomic E-state index is 13.0. The van der Waals surface area contributed by atoms with Crippen molar-refractivity contribution in [3.8, 4) is 0 Å². The Hall–Kier alpha value is -3.40. The van der Waals surface area contributed by atoms with Gasteiger partial charge in [-0.3, -0.25) is 19.2 Å². The number of aromatic nitrogens is 1. The van der Waals surface area contributed by atoms with Gasteiger partial charge in [0.15, 0.2) is 0 Å². The Morgan fingerprint density at radius 3 is 2.29 bits per heavy atom. The number of aliphatic carboxylic acids is 1. The smallest absolute Gasteiger partial charge is 0.322 e. The van der Waals surface area contributed by atoms with Gasteiger partial charge in [0.05, 0.1) is 6.04 Å². The van der Waals surface area contributed by atoms with E-state index in [0.29, 0.717) is 6.42 Å². The van der Waals surface area contributed by atoms with Gasteiger partial charge in [0.2, 0.25) is 17.7 Å². The number of rotatable bonds is 12. The normalized spacial score (nSPS) is 14.0. The molecule has 0 unspecified atom stereocenters. The molecule has 3 atom stereocenters. The number of aromatic amines is 1. The van der Waals surface area contributed by atoms with Gasteiger partial charge in [0, 0.05) is 17.1 Å². The van der Waals surface area contributed by atoms with E-state index in [9.17, 15) is 19.2 Å². The summed E-state index contributed by atoms with van der Waals surface area (Å²) >= 11 is 0. The van der Waals surface area contributed by atoms with Gasteiger partial charge < -0.3 is 31.8 Å². The van der Waals surface area contributed by atoms with Crippen LogP contribution in [0.25, 0.3) is 10.9 Å². The molecule has 10 heteroatoms. The van der Waals surface area contributed by atoms with Gasteiger partial charge in [-0.15, -0.1) is 0 Å². The standard InChI is InChI=1S/C24H35N5O5/c1-13(2)9-19(23(33)29-21(14(3)4)24(34)27-12-20(30)31)28-22(32)17(25)10-15-11-26-18-8-6-5-7-16(15)18/h5-8,11,13-14,17,19,21,26H,9-10,12,25H2,1-4H3,(H,27,34)(H,28,32)(H,29,33)(H,30,31)/t17-,19-,21-/m0/s1. The molecule has 0 aliphatic heterocycles. The van der Waals surface area contributed by atoms with Gasteiger partial charge in [-0.25, -0.2) is 0 Å². The van der Waals surface area contributed by atoms with E-state index in [1.165, 1.54) is 0 Å². The number of hydrogen-bond acceptors (Lipinski definition) is 5. The van der Waals surface area contributed by atoms with Crippen LogP contribution < -0.4 is 21.7 Å². The highest BCUT2D eigenvalue weighted by atomic mass is 16.4. The van der Waals surface area contributed by atoms with E-state index >= 15 is 0 Å². The molecule has 34 heavy (non-hydrogen) atoms. The van der Waals surface area contributed by atoms with E-state index in [0.717, 1.165) is 16.5 Å². The van der Waals surface area contributed by atoms with Crippen molar-refractivity contribution in [2.45, 2.75) is 58.7 Å². The molecule has 2 rings (SSSR count). The molecule has 7 N–H and O–H groups in total. The Kier molecular flexibility index (Phi) is 9.61. The number of carboxylic acids is 1. The van der Waals surface area contributed by atoms with Crippen molar-refractivity contribution < 1.29 is 24.3 Å². The second kappa shape index (κ2) is 12.2. The molecule has 1 aromatic carbocycles. The van der Waals surface area contributed by atoms with Crippen LogP contribution in [-0.4, -0.2) is 58.5 Å². The lowest BCUT2D eigenvalue weighted by atomic mass is 9.99. The van der Waals surface area contributed by atoms with Gasteiger partial charge in [-0.2, -0.15) is 0 Å². The Balaban J connectivity index is 2.07. The summed E-state index contributed by atoms with van der Waals surface area (Å²) in [5.74, 6) is -2.99. The molecular weight excluding hydrogens is 438 g/mol. The fourth-order valence-electron chi connectivity index (χ4n) is 3.67. The number of H-pyrrole nitrogens is 1. The highest BCUT2D eigenvalue weighted by Gasteiger charge is 2.30. The topological polar surface area (TPSA) is 166 Å². The number of benzene rings is 1. The van der Waals surface area contributed by atoms with Crippen molar-refractivity contribution >= 4 is 34.6 Å². The molecule has 0 radical (unpaired) electrons. The van der Waals surface area contributed by atoms with Crippen LogP contribution in [0.4, 0.5) is 0 Å². The Morgan fingerprint density at radius 1 is 1.00 bits per heavy atom. The Labute approximate surface area is 199 Å². The van der Waals surface area contributed by atoms with Crippen LogP contribution in [0.3, 0.4) is 0 Å². The first kappa shape index (κ1) is 26.8. The van der Waals surface area contributed by atoms with Crippen LogP contribution >= 0.6 is 0 Å². The van der Waals surface area contributed by atoms with Gasteiger partial charge in [0.25, 0.3) is 0 Å². The largest absolute Gasteiger partial charge is 0.480 e. The summed E-state index contributed by atoms with van der Waals surface area (Å²) in [4.78, 5) is 52.2. The van der Waals surface area contributed by atoms with E-state index in [2.05, 4.69) is 20.9 Å². The summed E-state index contributed by atoms with van der Waals surface area (Å²) in [5.41, 5.74) is 8.02. The number of para-hydroxylation sites is 1. The van der Waals surface area contributed by atoms with E-state index < -0.39 is 48.4 Å². The third kappa shape index (κ3) is 7.58. The molecule has 2 aromatic rings. The van der Waals surface area contributed by atoms with Crippen molar-refractivity contribution in [1.29, 1.82) is 0 Å². The molecule has 186 valence electrons. The zero-order valence-corrected chi connectivity index (χ0v) is 20.1. The lowest BCUT2D eigenvalue weighted by Gasteiger charge is -2.26. The predicted octanol–water partition coefficient (Wildman–Crippen LogP) is 0.910. The van der Waals surface area contributed by atoms with Crippen molar-refractivity contribution in [1.82, 2.24) is 20.9 Å². The molecular formula is C24H35N5O5. The molecule has 0 bridgehead atoms. The fraction of sp³-hybridized carbons (Fsp3) is 0.500. The Morgan fingerprint density at radius 2 is 1.68 bits per heavy atom. The zero-order valence-electron chi connectivity index (χ0n) is 20.1. The van der Waals surface area contributed by atoms with E-state index in [4.69, 9.17) is 10.8 Å². The third-order valence-corrected chi connectivity index (χ3v) is 5.45. The summed E-state index contributed by atoms with van der Waals surface area (Å²) in [6, 6.07) is 4.99. The molecule has 0 saturated carbocycles. The minimum absolute atomic E-state index is 0.0826. The van der Waals surface area contributed by atoms with Crippen LogP contribution in [-0.2, 0) is 25.6 Å². The number of fused-ring (bicyclic) bond motifs is 1. The highest BCUT2D eigenvalue weighted by molar-refractivity contribution is 5.94. The van der Waals surface area contributed by atoms with Gasteiger partial charge >= 0.3 is 5.97 Å². The van der Waals surface area contributed by atoms with Crippen molar-refractivity contribution in [2.75, 3.05) is 6.54 Å². The molecule has 0 saturated heterocycles. The monoisotopic (exact) mass is 473 g/mol. The predicted molar refractivity (Wildman–Crippen MR) is 129 cm³/mol. The number of carboxylic acid groups (broad SMARTS) is 1. The van der Waals surface area contributed by atoms with Crippen LogP contribution in [0.5, 0.6) is 0 Å². The third-order valence-electron chi connectivity index (χ3n) is 5.45. The van der Waals surface area contributed by atoms with E-state index in [1.54, 1.807) is 13.8 Å². The molecule has 10 nitrogen and oxygen atoms in total. The van der Waals surface area contributed by atoms with Crippen LogP contribution in [0.1, 0.15) is 39.7 Å². The van der Waals surface area contributed by atoms with Crippen molar-refractivity contribution in [3.05, 3.63) is 36.0 Å². The number of carbonyl (C=O) groups is 4. The van der Waals surface area contributed by atoms with Crippen LogP contribution in [0.15, 0.2) is 30.5 Å². The molecule has 0 fully saturated rings. The van der Waals surface area contributed by atoms with Crippen LogP contribution in [0.2, 0.25) is 0 Å². The summed E-state index contributed by atoms with van der Waals surface area (Å²) < 4.78 is 0. The average Bonchev–Trinajstić information content (AvgIpc) is 3.17. The molecule has 3 amide bonds. The number of nitrogens with one attached hydrogen (secondary N) is 4. The number of amides is 3. The summed E-state index contributed by atoms with van der Waals surface area (Å²) in [6.45, 7) is 6.75. The average molecular weight is 474 g/mol. The summed E-state index contributed by atoms with van der Waals surface area (Å²) in [5, 5.41) is 17.4. The molecule has 0 spiro atoms. The molecule has 1 heterocycles. The minimum Gasteiger partial charge on any atom is -0.480 e. The quantitative estimate of drug-likeness (QED) is 0.268. The van der Waals surface area contributed by atoms with Crippen molar-refractivity contribution in [3.63, 3.8) is 0 Å². The summed E-state index contributed by atoms with van der Waals surface area (Å²) in [7, 11) is 0. The molecule has 0 aliphatic rings. The second-order valence-corrected chi connectivity index (χ2v) is 9.20. The van der Waals surface area contributed by atoms with Gasteiger partial charge in [0.1, 0.15) is 18.6 Å². The van der Waals surface area contributed by atoms with E-state index in [1.807, 2.05) is 44.3 Å². The SMILES string of the molecule is CC(C)C[C@H](NC(=O)[C@@H](N)Cc1c[nH]c2ccccc12)C(=O)N[C@H](C(=O)NCC(=O)O)C(C)C. The highest BCUT2D eigenvalue weighted by Crippen LogP contribution is 2.19. The van der Waals surface area contributed by atoms with E-state index in [-0.39, 0.29) is 18.3 Å². The fourth-order valence-corrected chi connectivity index (χ4v) is 3.67. The molecule has 0 aliphatic carbocycles. The zero-order chi connectivity index (χ0) is 25.4. The van der Waals surface area contributed by atoms with Crippen LogP contribution in [0, 0.1) is 11.8 Å². The van der Waals surface area contributed by atoms with Gasteiger partial charge in [-0.05, 0) is 36.3 Å². The van der Waals surface area contributed by atoms with Crippen molar-refractivity contribution in [2.24, 2.45) is 17.6 Å². The summed E-state index contributed by atoms with van der Waals surface area (Å²) in [6.07, 6.45) is 2.45. The number of hydrogen-bond donors (Lipinski definition) is 6. The van der Waals surface area contributed by atoms with Gasteiger partial charge in [-0.1, -0.05) is 45.9 Å². The lowest BCUT2D eigenvalue weighted by Crippen LogP contribution is -2.57. The minimum atomic E-state index is -1.18. The first-order chi connectivity index (χ1) is 16.0. The first-order valence-electron chi connectivity index (χ1n) is 11.4. The number of nitrogens with two attached hydrogens (primary N) is 1. The first-order valence-corrected chi connectivity index (χ1v) is 11.4. The lowest BCUT2D eigenvalue weighted by molar-refractivity contribution is -0.139. The maximum Gasteiger partial charge on any atom is 0.322 e. The maximum atomic E-state index is 13.0. The molecule has 1 aromatic heterocycles. The second-order valence-electron chi connectivity index (χ2n) is 9.20. The Bertz CT molecular complexity index is 1020.